The van der Waals surface area contributed by atoms with Crippen molar-refractivity contribution in [2.24, 2.45) is 0 Å². The maximum Gasteiger partial charge on any atom is 0.264 e. The Kier molecular flexibility index (Phi) is 7.19. The molecular weight excluding hydrogens is 258 g/mol. The summed E-state index contributed by atoms with van der Waals surface area (Å²) in [5, 5.41) is 10.4. The molecule has 1 atom stereocenters. The highest BCUT2D eigenvalue weighted by Gasteiger charge is 2.22. The molecule has 8 heteroatoms. The number of hydrogen-bond acceptors (Lipinski definition) is 5. The molecule has 0 spiro atoms. The number of quaternary nitrogens is 1. The lowest BCUT2D eigenvalue weighted by Gasteiger charge is -2.28. The number of carbonyl (C=O) groups excluding carboxylic acids is 1. The van der Waals surface area contributed by atoms with Crippen molar-refractivity contribution in [2.75, 3.05) is 33.9 Å². The highest BCUT2D eigenvalue weighted by molar-refractivity contribution is 7.86. The van der Waals surface area contributed by atoms with Crippen LogP contribution in [0.4, 0.5) is 0 Å². The summed E-state index contributed by atoms with van der Waals surface area (Å²) in [5.74, 6) is -1.32. The largest absolute Gasteiger partial charge is 0.550 e. The van der Waals surface area contributed by atoms with Gasteiger partial charge in [-0.15, -0.1) is 12.4 Å². The smallest absolute Gasteiger partial charge is 0.264 e. The second kappa shape index (κ2) is 6.39. The first-order chi connectivity index (χ1) is 6.49. The molecule has 0 bridgehead atoms. The molecule has 98 valence electrons. The SMILES string of the molecule is C[N+](C)(C)C[C@H](CC(=O)[O-])OS(C)(=O)=O.Cl. The van der Waals surface area contributed by atoms with Crippen LogP contribution in [0.2, 0.25) is 0 Å². The molecular formula is C8H18ClNO5S. The van der Waals surface area contributed by atoms with E-state index in [0.29, 0.717) is 4.48 Å². The van der Waals surface area contributed by atoms with E-state index in [0.717, 1.165) is 6.26 Å². The summed E-state index contributed by atoms with van der Waals surface area (Å²) >= 11 is 0. The van der Waals surface area contributed by atoms with Gasteiger partial charge in [0.15, 0.2) is 0 Å². The van der Waals surface area contributed by atoms with Crippen molar-refractivity contribution in [2.45, 2.75) is 12.5 Å². The Hall–Kier alpha value is -0.370. The van der Waals surface area contributed by atoms with Gasteiger partial charge in [0.2, 0.25) is 0 Å². The summed E-state index contributed by atoms with van der Waals surface area (Å²) in [6, 6.07) is 0. The molecule has 0 saturated carbocycles. The summed E-state index contributed by atoms with van der Waals surface area (Å²) in [6.45, 7) is 0.279. The van der Waals surface area contributed by atoms with Crippen molar-refractivity contribution < 1.29 is 27.0 Å². The molecule has 0 aromatic heterocycles. The lowest BCUT2D eigenvalue weighted by atomic mass is 10.2. The molecule has 0 radical (unpaired) electrons. The van der Waals surface area contributed by atoms with Crippen LogP contribution >= 0.6 is 12.4 Å². The molecule has 0 heterocycles. The first-order valence-electron chi connectivity index (χ1n) is 4.38. The Morgan fingerprint density at radius 1 is 1.38 bits per heavy atom. The van der Waals surface area contributed by atoms with Crippen LogP contribution in [0.5, 0.6) is 0 Å². The zero-order valence-electron chi connectivity index (χ0n) is 9.80. The van der Waals surface area contributed by atoms with Crippen molar-refractivity contribution in [1.29, 1.82) is 0 Å². The van der Waals surface area contributed by atoms with Crippen molar-refractivity contribution in [3.63, 3.8) is 0 Å². The van der Waals surface area contributed by atoms with E-state index in [4.69, 9.17) is 0 Å². The van der Waals surface area contributed by atoms with Crippen molar-refractivity contribution in [1.82, 2.24) is 0 Å². The summed E-state index contributed by atoms with van der Waals surface area (Å²) < 4.78 is 26.8. The second-order valence-corrected chi connectivity index (χ2v) is 6.07. The standard InChI is InChI=1S/C8H17NO5S.ClH/c1-9(2,3)6-7(5-8(10)11)14-15(4,12)13;/h7H,5-6H2,1-4H3;1H/t7-;/m0./s1. The minimum Gasteiger partial charge on any atom is -0.550 e. The highest BCUT2D eigenvalue weighted by atomic mass is 35.5. The maximum absolute atomic E-state index is 10.9. The number of carboxylic acid groups (broad SMARTS) is 1. The first-order valence-corrected chi connectivity index (χ1v) is 6.20. The lowest BCUT2D eigenvalue weighted by Crippen LogP contribution is -2.45. The van der Waals surface area contributed by atoms with Gasteiger partial charge >= 0.3 is 0 Å². The molecule has 0 saturated heterocycles. The van der Waals surface area contributed by atoms with Gasteiger partial charge in [0.05, 0.1) is 27.4 Å². The van der Waals surface area contributed by atoms with Crippen LogP contribution in [0.15, 0.2) is 0 Å². The van der Waals surface area contributed by atoms with Crippen molar-refractivity contribution >= 4 is 28.5 Å². The fourth-order valence-electron chi connectivity index (χ4n) is 1.17. The number of carbonyl (C=O) groups is 1. The van der Waals surface area contributed by atoms with E-state index in [1.807, 2.05) is 21.1 Å². The summed E-state index contributed by atoms with van der Waals surface area (Å²) in [4.78, 5) is 10.4. The quantitative estimate of drug-likeness (QED) is 0.440. The summed E-state index contributed by atoms with van der Waals surface area (Å²) in [6.07, 6.45) is -0.418. The van der Waals surface area contributed by atoms with Gasteiger partial charge in [0.1, 0.15) is 12.6 Å². The number of carboxylic acids is 1. The van der Waals surface area contributed by atoms with Crippen molar-refractivity contribution in [3.05, 3.63) is 0 Å². The third-order valence-electron chi connectivity index (χ3n) is 1.46. The fourth-order valence-corrected chi connectivity index (χ4v) is 1.80. The van der Waals surface area contributed by atoms with Crippen LogP contribution in [-0.2, 0) is 19.1 Å². The molecule has 0 aliphatic heterocycles. The number of aliphatic carboxylic acids is 1. The average Bonchev–Trinajstić information content (AvgIpc) is 1.73. The Balaban J connectivity index is 0. The molecule has 0 aromatic rings. The zero-order valence-corrected chi connectivity index (χ0v) is 11.4. The molecule has 0 amide bonds. The molecule has 0 unspecified atom stereocenters. The van der Waals surface area contributed by atoms with Gasteiger partial charge in [0, 0.05) is 12.4 Å². The van der Waals surface area contributed by atoms with Crippen LogP contribution in [0.1, 0.15) is 6.42 Å². The van der Waals surface area contributed by atoms with Gasteiger partial charge < -0.3 is 14.4 Å². The Labute approximate surface area is 102 Å². The third-order valence-corrected chi connectivity index (χ3v) is 2.08. The number of halogens is 1. The second-order valence-electron chi connectivity index (χ2n) is 4.47. The predicted octanol–water partition coefficient (Wildman–Crippen LogP) is -1.40. The summed E-state index contributed by atoms with van der Waals surface area (Å²) in [7, 11) is 1.80. The number of rotatable bonds is 6. The first kappa shape index (κ1) is 18.0. The van der Waals surface area contributed by atoms with Gasteiger partial charge in [-0.1, -0.05) is 0 Å². The Morgan fingerprint density at radius 2 is 1.81 bits per heavy atom. The van der Waals surface area contributed by atoms with Gasteiger partial charge in [-0.25, -0.2) is 0 Å². The minimum atomic E-state index is -3.64. The third kappa shape index (κ3) is 11.7. The van der Waals surface area contributed by atoms with E-state index >= 15 is 0 Å². The predicted molar refractivity (Wildman–Crippen MR) is 59.5 cm³/mol. The molecule has 0 aliphatic rings. The molecule has 0 N–H and O–H groups in total. The van der Waals surface area contributed by atoms with E-state index in [-0.39, 0.29) is 19.0 Å². The summed E-state index contributed by atoms with van der Waals surface area (Å²) in [5.41, 5.74) is 0. The Morgan fingerprint density at radius 3 is 2.06 bits per heavy atom. The van der Waals surface area contributed by atoms with E-state index in [1.54, 1.807) is 0 Å². The zero-order chi connectivity index (χ0) is 12.3. The average molecular weight is 276 g/mol. The van der Waals surface area contributed by atoms with Gasteiger partial charge in [-0.2, -0.15) is 8.42 Å². The van der Waals surface area contributed by atoms with E-state index < -0.39 is 28.6 Å². The molecule has 0 aliphatic carbocycles. The van der Waals surface area contributed by atoms with E-state index in [1.165, 1.54) is 0 Å². The minimum absolute atomic E-state index is 0. The monoisotopic (exact) mass is 275 g/mol. The van der Waals surface area contributed by atoms with Gasteiger partial charge in [0.25, 0.3) is 10.1 Å². The van der Waals surface area contributed by atoms with E-state index in [2.05, 4.69) is 4.18 Å². The highest BCUT2D eigenvalue weighted by Crippen LogP contribution is 2.07. The van der Waals surface area contributed by atoms with E-state index in [9.17, 15) is 18.3 Å². The normalized spacial score (nSPS) is 14.0. The van der Waals surface area contributed by atoms with Crippen molar-refractivity contribution in [3.8, 4) is 0 Å². The number of hydrogen-bond donors (Lipinski definition) is 0. The van der Waals surface area contributed by atoms with Crippen LogP contribution in [0.25, 0.3) is 0 Å². The van der Waals surface area contributed by atoms with Crippen LogP contribution in [0, 0.1) is 0 Å². The molecule has 16 heavy (non-hydrogen) atoms. The molecule has 6 nitrogen and oxygen atoms in total. The lowest BCUT2D eigenvalue weighted by molar-refractivity contribution is -0.873. The Bertz CT molecular complexity index is 322. The van der Waals surface area contributed by atoms with Gasteiger partial charge in [-0.3, -0.25) is 4.18 Å². The maximum atomic E-state index is 10.9. The molecule has 0 rings (SSSR count). The number of nitrogens with zero attached hydrogens (tertiary/aromatic N) is 1. The number of likely N-dealkylation sites (N-methyl/N-ethyl adjacent to an activating group) is 1. The molecule has 0 aromatic carbocycles. The fraction of sp³-hybridized carbons (Fsp3) is 0.875. The topological polar surface area (TPSA) is 83.5 Å². The van der Waals surface area contributed by atoms with Crippen LogP contribution in [0.3, 0.4) is 0 Å². The molecule has 0 fully saturated rings. The van der Waals surface area contributed by atoms with Gasteiger partial charge in [-0.05, 0) is 0 Å². The van der Waals surface area contributed by atoms with Crippen LogP contribution < -0.4 is 5.11 Å². The van der Waals surface area contributed by atoms with Crippen LogP contribution in [-0.4, -0.2) is 58.9 Å².